The second-order valence-corrected chi connectivity index (χ2v) is 6.10. The summed E-state index contributed by atoms with van der Waals surface area (Å²) in [5.74, 6) is 0.963. The molecule has 0 radical (unpaired) electrons. The summed E-state index contributed by atoms with van der Waals surface area (Å²) in [4.78, 5) is 2.46. The van der Waals surface area contributed by atoms with Crippen molar-refractivity contribution >= 4 is 5.71 Å². The number of benzene rings is 1. The number of hydrogen-bond donors (Lipinski definition) is 1. The van der Waals surface area contributed by atoms with Gasteiger partial charge < -0.3 is 14.8 Å². The van der Waals surface area contributed by atoms with Crippen molar-refractivity contribution in [2.45, 2.75) is 44.6 Å². The fraction of sp³-hybridized carbons (Fsp3) is 0.588. The summed E-state index contributed by atoms with van der Waals surface area (Å²) in [5.41, 5.74) is 3.02. The van der Waals surface area contributed by atoms with E-state index in [1.54, 1.807) is 0 Å². The van der Waals surface area contributed by atoms with Gasteiger partial charge in [-0.05, 0) is 51.8 Å². The first-order chi connectivity index (χ1) is 10.3. The van der Waals surface area contributed by atoms with Crippen molar-refractivity contribution in [3.8, 4) is 5.75 Å². The number of hydrogen-bond acceptors (Lipinski definition) is 4. The number of rotatable bonds is 4. The summed E-state index contributed by atoms with van der Waals surface area (Å²) in [6, 6.07) is 6.69. The molecule has 4 heteroatoms. The van der Waals surface area contributed by atoms with Crippen molar-refractivity contribution in [2.75, 3.05) is 20.2 Å². The molecule has 0 saturated carbocycles. The Bertz CT molecular complexity index is 528. The molecule has 1 atom stereocenters. The predicted octanol–water partition coefficient (Wildman–Crippen LogP) is 3.06. The van der Waals surface area contributed by atoms with Crippen LogP contribution in [0, 0.1) is 0 Å². The van der Waals surface area contributed by atoms with E-state index in [2.05, 4.69) is 17.1 Å². The average Bonchev–Trinajstić information content (AvgIpc) is 2.93. The van der Waals surface area contributed by atoms with Crippen molar-refractivity contribution in [3.05, 3.63) is 29.3 Å². The molecule has 2 aliphatic rings. The van der Waals surface area contributed by atoms with Gasteiger partial charge in [-0.25, -0.2) is 0 Å². The van der Waals surface area contributed by atoms with Crippen LogP contribution in [0.15, 0.2) is 23.4 Å². The Morgan fingerprint density at radius 3 is 3.05 bits per heavy atom. The SMILES string of the molecule is CN1CCCCC1CCOc1cccc2c1CC/C2=N\O. The van der Waals surface area contributed by atoms with E-state index in [0.717, 1.165) is 42.9 Å². The molecule has 1 aliphatic carbocycles. The highest BCUT2D eigenvalue weighted by Crippen LogP contribution is 2.31. The van der Waals surface area contributed by atoms with E-state index in [1.165, 1.54) is 31.4 Å². The molecule has 0 aromatic heterocycles. The number of likely N-dealkylation sites (tertiary alicyclic amines) is 1. The van der Waals surface area contributed by atoms with Gasteiger partial charge in [-0.1, -0.05) is 23.7 Å². The monoisotopic (exact) mass is 288 g/mol. The first kappa shape index (κ1) is 14.4. The third-order valence-corrected chi connectivity index (χ3v) is 4.81. The summed E-state index contributed by atoms with van der Waals surface area (Å²) in [5, 5.41) is 12.4. The normalized spacial score (nSPS) is 24.2. The van der Waals surface area contributed by atoms with Gasteiger partial charge in [-0.3, -0.25) is 0 Å². The molecule has 1 unspecified atom stereocenters. The number of fused-ring (bicyclic) bond motifs is 1. The Kier molecular flexibility index (Phi) is 4.44. The van der Waals surface area contributed by atoms with Crippen LogP contribution in [0.2, 0.25) is 0 Å². The summed E-state index contributed by atoms with van der Waals surface area (Å²) < 4.78 is 6.03. The van der Waals surface area contributed by atoms with Gasteiger partial charge in [0.15, 0.2) is 0 Å². The third-order valence-electron chi connectivity index (χ3n) is 4.81. The minimum Gasteiger partial charge on any atom is -0.493 e. The Morgan fingerprint density at radius 2 is 2.24 bits per heavy atom. The zero-order chi connectivity index (χ0) is 14.7. The molecule has 1 fully saturated rings. The molecule has 114 valence electrons. The fourth-order valence-corrected chi connectivity index (χ4v) is 3.52. The van der Waals surface area contributed by atoms with Crippen LogP contribution in [0.5, 0.6) is 5.75 Å². The van der Waals surface area contributed by atoms with E-state index >= 15 is 0 Å². The Morgan fingerprint density at radius 1 is 1.33 bits per heavy atom. The first-order valence-electron chi connectivity index (χ1n) is 7.96. The van der Waals surface area contributed by atoms with E-state index in [1.807, 2.05) is 18.2 Å². The topological polar surface area (TPSA) is 45.1 Å². The standard InChI is InChI=1S/C17H24N2O2/c1-19-11-3-2-5-13(19)10-12-21-17-7-4-6-14-15(17)8-9-16(14)18-20/h4,6-7,13,20H,2-3,5,8-12H2,1H3/b18-16+. The molecule has 4 nitrogen and oxygen atoms in total. The summed E-state index contributed by atoms with van der Waals surface area (Å²) in [6.07, 6.45) is 6.75. The van der Waals surface area contributed by atoms with Crippen LogP contribution >= 0.6 is 0 Å². The molecule has 1 aromatic rings. The maximum Gasteiger partial charge on any atom is 0.123 e. The second kappa shape index (κ2) is 6.48. The van der Waals surface area contributed by atoms with Crippen molar-refractivity contribution in [1.82, 2.24) is 4.90 Å². The van der Waals surface area contributed by atoms with Crippen molar-refractivity contribution in [1.29, 1.82) is 0 Å². The van der Waals surface area contributed by atoms with Gasteiger partial charge in [0.2, 0.25) is 0 Å². The Hall–Kier alpha value is -1.55. The van der Waals surface area contributed by atoms with E-state index in [0.29, 0.717) is 6.04 Å². The lowest BCUT2D eigenvalue weighted by Gasteiger charge is -2.32. The van der Waals surface area contributed by atoms with E-state index in [-0.39, 0.29) is 0 Å². The van der Waals surface area contributed by atoms with Gasteiger partial charge in [0.25, 0.3) is 0 Å². The van der Waals surface area contributed by atoms with Crippen LogP contribution < -0.4 is 4.74 Å². The van der Waals surface area contributed by atoms with Crippen LogP contribution in [0.3, 0.4) is 0 Å². The smallest absolute Gasteiger partial charge is 0.123 e. The lowest BCUT2D eigenvalue weighted by Crippen LogP contribution is -2.37. The minimum absolute atomic E-state index is 0.657. The van der Waals surface area contributed by atoms with E-state index in [9.17, 15) is 0 Å². The molecule has 1 saturated heterocycles. The molecule has 1 N–H and O–H groups in total. The first-order valence-corrected chi connectivity index (χ1v) is 7.96. The molecule has 0 bridgehead atoms. The van der Waals surface area contributed by atoms with E-state index in [4.69, 9.17) is 9.94 Å². The van der Waals surface area contributed by atoms with Crippen molar-refractivity contribution in [3.63, 3.8) is 0 Å². The summed E-state index contributed by atoms with van der Waals surface area (Å²) in [7, 11) is 2.22. The molecular weight excluding hydrogens is 264 g/mol. The predicted molar refractivity (Wildman–Crippen MR) is 83.5 cm³/mol. The molecule has 21 heavy (non-hydrogen) atoms. The van der Waals surface area contributed by atoms with Crippen molar-refractivity contribution in [2.24, 2.45) is 5.16 Å². The quantitative estimate of drug-likeness (QED) is 0.684. The largest absolute Gasteiger partial charge is 0.493 e. The average molecular weight is 288 g/mol. The summed E-state index contributed by atoms with van der Waals surface area (Å²) >= 11 is 0. The van der Waals surface area contributed by atoms with Crippen LogP contribution in [-0.4, -0.2) is 42.1 Å². The third kappa shape index (κ3) is 3.05. The molecule has 1 aliphatic heterocycles. The molecule has 3 rings (SSSR count). The molecule has 0 amide bonds. The second-order valence-electron chi connectivity index (χ2n) is 6.10. The van der Waals surface area contributed by atoms with Gasteiger partial charge in [-0.2, -0.15) is 0 Å². The Labute approximate surface area is 126 Å². The lowest BCUT2D eigenvalue weighted by molar-refractivity contribution is 0.153. The lowest BCUT2D eigenvalue weighted by atomic mass is 10.0. The molecule has 1 aromatic carbocycles. The maximum absolute atomic E-state index is 9.02. The molecule has 1 heterocycles. The van der Waals surface area contributed by atoms with Crippen LogP contribution in [0.4, 0.5) is 0 Å². The number of piperidine rings is 1. The zero-order valence-corrected chi connectivity index (χ0v) is 12.7. The van der Waals surface area contributed by atoms with Crippen LogP contribution in [-0.2, 0) is 6.42 Å². The van der Waals surface area contributed by atoms with Gasteiger partial charge in [0, 0.05) is 17.2 Å². The number of oxime groups is 1. The fourth-order valence-electron chi connectivity index (χ4n) is 3.52. The molecular formula is C17H24N2O2. The van der Waals surface area contributed by atoms with E-state index < -0.39 is 0 Å². The molecule has 0 spiro atoms. The zero-order valence-electron chi connectivity index (χ0n) is 12.7. The number of ether oxygens (including phenoxy) is 1. The highest BCUT2D eigenvalue weighted by molar-refractivity contribution is 6.04. The minimum atomic E-state index is 0.657. The highest BCUT2D eigenvalue weighted by atomic mass is 16.5. The van der Waals surface area contributed by atoms with Gasteiger partial charge >= 0.3 is 0 Å². The van der Waals surface area contributed by atoms with Gasteiger partial charge in [0.1, 0.15) is 5.75 Å². The van der Waals surface area contributed by atoms with Crippen LogP contribution in [0.1, 0.15) is 43.2 Å². The summed E-state index contributed by atoms with van der Waals surface area (Å²) in [6.45, 7) is 1.97. The van der Waals surface area contributed by atoms with Crippen LogP contribution in [0.25, 0.3) is 0 Å². The Balaban J connectivity index is 1.60. The number of nitrogens with zero attached hydrogens (tertiary/aromatic N) is 2. The maximum atomic E-state index is 9.02. The van der Waals surface area contributed by atoms with Crippen molar-refractivity contribution < 1.29 is 9.94 Å². The van der Waals surface area contributed by atoms with Gasteiger partial charge in [-0.15, -0.1) is 0 Å². The highest BCUT2D eigenvalue weighted by Gasteiger charge is 2.22. The van der Waals surface area contributed by atoms with Gasteiger partial charge in [0.05, 0.1) is 12.3 Å².